The van der Waals surface area contributed by atoms with Crippen LogP contribution in [0.3, 0.4) is 0 Å². The number of carbonyl (C=O) groups excluding carboxylic acids is 2. The topological polar surface area (TPSA) is 88.4 Å². The highest BCUT2D eigenvalue weighted by atomic mass is 16.5. The van der Waals surface area contributed by atoms with Gasteiger partial charge < -0.3 is 14.8 Å². The molecule has 0 atom stereocenters. The molecule has 9 nitrogen and oxygen atoms in total. The fourth-order valence-electron chi connectivity index (χ4n) is 4.99. The largest absolute Gasteiger partial charge is 0.497 e. The molecule has 2 fully saturated rings. The van der Waals surface area contributed by atoms with Gasteiger partial charge in [0.1, 0.15) is 11.5 Å². The second kappa shape index (κ2) is 9.95. The van der Waals surface area contributed by atoms with Crippen molar-refractivity contribution in [1.82, 2.24) is 19.8 Å². The molecule has 0 radical (unpaired) electrons. The van der Waals surface area contributed by atoms with Crippen LogP contribution in [0.5, 0.6) is 11.5 Å². The molecule has 3 aromatic rings. The first-order valence-electron chi connectivity index (χ1n) is 12.1. The average molecular weight is 478 g/mol. The van der Waals surface area contributed by atoms with Gasteiger partial charge in [0, 0.05) is 30.8 Å². The van der Waals surface area contributed by atoms with E-state index < -0.39 is 0 Å². The van der Waals surface area contributed by atoms with Gasteiger partial charge in [-0.1, -0.05) is 0 Å². The van der Waals surface area contributed by atoms with Crippen LogP contribution < -0.4 is 19.7 Å². The minimum atomic E-state index is -0.349. The molecule has 0 spiro atoms. The normalized spacial score (nSPS) is 17.3. The summed E-state index contributed by atoms with van der Waals surface area (Å²) in [5.41, 5.74) is 3.58. The van der Waals surface area contributed by atoms with Gasteiger partial charge in [0.05, 0.1) is 38.2 Å². The summed E-state index contributed by atoms with van der Waals surface area (Å²) in [6.07, 6.45) is 7.27. The molecule has 0 bridgehead atoms. The number of urea groups is 1. The number of hydrogen-bond acceptors (Lipinski definition) is 6. The van der Waals surface area contributed by atoms with Crippen molar-refractivity contribution in [3.63, 3.8) is 0 Å². The number of pyridine rings is 1. The van der Waals surface area contributed by atoms with E-state index in [-0.39, 0.29) is 24.9 Å². The molecule has 0 unspecified atom stereocenters. The number of piperidine rings is 1. The molecule has 2 aliphatic heterocycles. The molecule has 184 valence electrons. The monoisotopic (exact) mass is 477 g/mol. The number of benzene rings is 1. The van der Waals surface area contributed by atoms with Crippen molar-refractivity contribution >= 4 is 23.1 Å². The zero-order chi connectivity index (χ0) is 24.4. The Kier molecular flexibility index (Phi) is 6.59. The fraction of sp³-hybridized carbons (Fsp3) is 0.423. The van der Waals surface area contributed by atoms with E-state index in [2.05, 4.69) is 22.5 Å². The van der Waals surface area contributed by atoms with Gasteiger partial charge >= 0.3 is 6.03 Å². The predicted molar refractivity (Wildman–Crippen MR) is 132 cm³/mol. The molecular weight excluding hydrogens is 446 g/mol. The summed E-state index contributed by atoms with van der Waals surface area (Å²) in [5, 5.41) is 7.88. The van der Waals surface area contributed by atoms with Crippen molar-refractivity contribution in [3.05, 3.63) is 53.9 Å². The average Bonchev–Trinajstić information content (AvgIpc) is 3.30. The van der Waals surface area contributed by atoms with Gasteiger partial charge in [0.2, 0.25) is 5.91 Å². The Balaban J connectivity index is 1.40. The molecule has 5 rings (SSSR count). The number of carbonyl (C=O) groups is 2. The second-order valence-corrected chi connectivity index (χ2v) is 9.13. The standard InChI is InChI=1S/C26H31N5O4/c1-34-21-4-3-20(24(15-21)35-2)17-30-25(32)8-11-29(26(30)33)23-16-28-31-12-7-19(14-22(23)31)13-18-5-9-27-10-6-18/h3-4,7,12,14-16,18,27H,5-6,8-11,13,17H2,1-2H3. The van der Waals surface area contributed by atoms with Crippen molar-refractivity contribution < 1.29 is 19.1 Å². The van der Waals surface area contributed by atoms with E-state index in [1.54, 1.807) is 42.0 Å². The number of imide groups is 1. The third-order valence-electron chi connectivity index (χ3n) is 6.97. The van der Waals surface area contributed by atoms with Crippen LogP contribution in [0.15, 0.2) is 42.7 Å². The molecule has 4 heterocycles. The first-order chi connectivity index (χ1) is 17.1. The molecule has 1 aromatic carbocycles. The molecule has 2 aliphatic rings. The van der Waals surface area contributed by atoms with Crippen LogP contribution in [0, 0.1) is 5.92 Å². The van der Waals surface area contributed by atoms with Crippen molar-refractivity contribution in [2.24, 2.45) is 5.92 Å². The van der Waals surface area contributed by atoms with Gasteiger partial charge in [-0.2, -0.15) is 5.10 Å². The van der Waals surface area contributed by atoms with Crippen LogP contribution in [0.25, 0.3) is 5.52 Å². The van der Waals surface area contributed by atoms with Crippen molar-refractivity contribution in [1.29, 1.82) is 0 Å². The predicted octanol–water partition coefficient (Wildman–Crippen LogP) is 3.25. The Hall–Kier alpha value is -3.59. The molecule has 1 N–H and O–H groups in total. The quantitative estimate of drug-likeness (QED) is 0.562. The number of methoxy groups -OCH3 is 2. The minimum absolute atomic E-state index is 0.127. The number of aromatic nitrogens is 2. The van der Waals surface area contributed by atoms with E-state index in [0.717, 1.165) is 36.3 Å². The van der Waals surface area contributed by atoms with Crippen LogP contribution in [-0.4, -0.2) is 60.3 Å². The highest BCUT2D eigenvalue weighted by molar-refractivity contribution is 6.07. The van der Waals surface area contributed by atoms with Crippen LogP contribution in [0.4, 0.5) is 10.5 Å². The van der Waals surface area contributed by atoms with E-state index in [9.17, 15) is 9.59 Å². The van der Waals surface area contributed by atoms with E-state index in [4.69, 9.17) is 9.47 Å². The van der Waals surface area contributed by atoms with Gasteiger partial charge in [-0.25, -0.2) is 9.31 Å². The van der Waals surface area contributed by atoms with Gasteiger partial charge in [-0.3, -0.25) is 14.6 Å². The van der Waals surface area contributed by atoms with Crippen LogP contribution >= 0.6 is 0 Å². The molecular formula is C26H31N5O4. The summed E-state index contributed by atoms with van der Waals surface area (Å²) in [4.78, 5) is 29.3. The maximum absolute atomic E-state index is 13.5. The van der Waals surface area contributed by atoms with E-state index >= 15 is 0 Å². The number of fused-ring (bicyclic) bond motifs is 1. The first-order valence-corrected chi connectivity index (χ1v) is 12.1. The third-order valence-corrected chi connectivity index (χ3v) is 6.97. The fourth-order valence-corrected chi connectivity index (χ4v) is 4.99. The molecule has 9 heteroatoms. The van der Waals surface area contributed by atoms with Gasteiger partial charge in [-0.05, 0) is 68.1 Å². The number of hydrogen-bond donors (Lipinski definition) is 1. The molecule has 35 heavy (non-hydrogen) atoms. The van der Waals surface area contributed by atoms with Gasteiger partial charge in [-0.15, -0.1) is 0 Å². The highest BCUT2D eigenvalue weighted by Crippen LogP contribution is 2.30. The van der Waals surface area contributed by atoms with Gasteiger partial charge in [0.15, 0.2) is 0 Å². The van der Waals surface area contributed by atoms with Crippen molar-refractivity contribution in [2.45, 2.75) is 32.2 Å². The minimum Gasteiger partial charge on any atom is -0.497 e. The van der Waals surface area contributed by atoms with Crippen LogP contribution in [-0.2, 0) is 17.8 Å². The number of amides is 3. The lowest BCUT2D eigenvalue weighted by atomic mass is 9.91. The Morgan fingerprint density at radius 2 is 1.91 bits per heavy atom. The summed E-state index contributed by atoms with van der Waals surface area (Å²) in [7, 11) is 3.14. The number of rotatable bonds is 7. The second-order valence-electron chi connectivity index (χ2n) is 9.13. The summed E-state index contributed by atoms with van der Waals surface area (Å²) in [5.74, 6) is 1.68. The molecule has 2 saturated heterocycles. The molecule has 2 aromatic heterocycles. The Labute approximate surface area is 204 Å². The molecule has 0 saturated carbocycles. The van der Waals surface area contributed by atoms with Crippen LogP contribution in [0.2, 0.25) is 0 Å². The van der Waals surface area contributed by atoms with Crippen molar-refractivity contribution in [3.8, 4) is 11.5 Å². The number of nitrogens with zero attached hydrogens (tertiary/aromatic N) is 4. The van der Waals surface area contributed by atoms with Gasteiger partial charge in [0.25, 0.3) is 0 Å². The number of anilines is 1. The number of ether oxygens (including phenoxy) is 2. The Morgan fingerprint density at radius 1 is 1.09 bits per heavy atom. The lowest BCUT2D eigenvalue weighted by Crippen LogP contribution is -2.52. The van der Waals surface area contributed by atoms with Crippen molar-refractivity contribution in [2.75, 3.05) is 38.8 Å². The lowest BCUT2D eigenvalue weighted by Gasteiger charge is -2.34. The summed E-state index contributed by atoms with van der Waals surface area (Å²) < 4.78 is 12.5. The first kappa shape index (κ1) is 23.2. The highest BCUT2D eigenvalue weighted by Gasteiger charge is 2.34. The molecule has 3 amide bonds. The lowest BCUT2D eigenvalue weighted by molar-refractivity contribution is -0.129. The SMILES string of the molecule is COc1ccc(CN2C(=O)CCN(c3cnn4ccc(CC5CCNCC5)cc34)C2=O)c(OC)c1. The van der Waals surface area contributed by atoms with E-state index in [1.165, 1.54) is 23.3 Å². The zero-order valence-electron chi connectivity index (χ0n) is 20.2. The summed E-state index contributed by atoms with van der Waals surface area (Å²) in [6, 6.07) is 9.25. The third kappa shape index (κ3) is 4.68. The summed E-state index contributed by atoms with van der Waals surface area (Å²) in [6.45, 7) is 2.58. The maximum atomic E-state index is 13.5. The molecule has 0 aliphatic carbocycles. The zero-order valence-corrected chi connectivity index (χ0v) is 20.2. The van der Waals surface area contributed by atoms with E-state index in [0.29, 0.717) is 24.0 Å². The number of nitrogens with one attached hydrogen (secondary N) is 1. The van der Waals surface area contributed by atoms with E-state index in [1.807, 2.05) is 12.3 Å². The smallest absolute Gasteiger partial charge is 0.331 e. The Bertz CT molecular complexity index is 1230. The maximum Gasteiger partial charge on any atom is 0.331 e. The van der Waals surface area contributed by atoms with Crippen LogP contribution in [0.1, 0.15) is 30.4 Å². The Morgan fingerprint density at radius 3 is 2.69 bits per heavy atom. The summed E-state index contributed by atoms with van der Waals surface area (Å²) >= 11 is 0.